The first-order chi connectivity index (χ1) is 8.52. The van der Waals surface area contributed by atoms with E-state index < -0.39 is 0 Å². The Bertz CT molecular complexity index is 610. The minimum Gasteiger partial charge on any atom is -0.469 e. The summed E-state index contributed by atoms with van der Waals surface area (Å²) >= 11 is 3.25. The van der Waals surface area contributed by atoms with Gasteiger partial charge in [0, 0.05) is 11.0 Å². The van der Waals surface area contributed by atoms with Crippen LogP contribution in [0.5, 0.6) is 0 Å². The smallest absolute Gasteiger partial charge is 0.307 e. The van der Waals surface area contributed by atoms with Crippen LogP contribution >= 0.6 is 15.9 Å². The number of esters is 1. The molecule has 96 valence electrons. The van der Waals surface area contributed by atoms with Crippen LogP contribution < -0.4 is 0 Å². The normalized spacial score (nSPS) is 10.9. The van der Waals surface area contributed by atoms with Crippen LogP contribution in [0, 0.1) is 12.7 Å². The van der Waals surface area contributed by atoms with Crippen molar-refractivity contribution in [3.63, 3.8) is 0 Å². The summed E-state index contributed by atoms with van der Waals surface area (Å²) in [6, 6.07) is 3.16. The lowest BCUT2D eigenvalue weighted by atomic mass is 10.3. The lowest BCUT2D eigenvalue weighted by Crippen LogP contribution is -2.08. The third-order valence-electron chi connectivity index (χ3n) is 2.73. The molecule has 0 bridgehead atoms. The van der Waals surface area contributed by atoms with Crippen molar-refractivity contribution in [3.8, 4) is 0 Å². The lowest BCUT2D eigenvalue weighted by Gasteiger charge is -2.06. The largest absolute Gasteiger partial charge is 0.469 e. The third kappa shape index (κ3) is 2.38. The number of hydrogen-bond donors (Lipinski definition) is 0. The predicted molar refractivity (Wildman–Crippen MR) is 68.8 cm³/mol. The minimum absolute atomic E-state index is 0.233. The van der Waals surface area contributed by atoms with E-state index in [2.05, 4.69) is 25.7 Å². The number of halogens is 2. The number of imidazole rings is 1. The van der Waals surface area contributed by atoms with Crippen molar-refractivity contribution in [2.75, 3.05) is 7.11 Å². The van der Waals surface area contributed by atoms with Crippen molar-refractivity contribution in [2.24, 2.45) is 0 Å². The fourth-order valence-electron chi connectivity index (χ4n) is 1.85. The van der Waals surface area contributed by atoms with E-state index in [-0.39, 0.29) is 18.2 Å². The molecule has 18 heavy (non-hydrogen) atoms. The molecule has 0 unspecified atom stereocenters. The molecule has 2 rings (SSSR count). The number of ether oxygens (including phenoxy) is 1. The van der Waals surface area contributed by atoms with Crippen LogP contribution in [-0.4, -0.2) is 22.6 Å². The van der Waals surface area contributed by atoms with Gasteiger partial charge in [0.1, 0.15) is 11.3 Å². The molecule has 0 spiro atoms. The number of fused-ring (bicyclic) bond motifs is 1. The fourth-order valence-corrected chi connectivity index (χ4v) is 2.27. The maximum absolute atomic E-state index is 13.7. The van der Waals surface area contributed by atoms with E-state index in [4.69, 9.17) is 0 Å². The summed E-state index contributed by atoms with van der Waals surface area (Å²) in [5.41, 5.74) is 0.990. The molecule has 0 saturated heterocycles. The Morgan fingerprint density at radius 1 is 1.56 bits per heavy atom. The first kappa shape index (κ1) is 13.0. The molecular weight excluding hydrogens is 303 g/mol. The Kier molecular flexibility index (Phi) is 3.65. The molecule has 2 aromatic rings. The number of rotatable bonds is 3. The molecule has 0 radical (unpaired) electrons. The van der Waals surface area contributed by atoms with Crippen molar-refractivity contribution in [1.82, 2.24) is 9.55 Å². The van der Waals surface area contributed by atoms with Crippen LogP contribution in [0.25, 0.3) is 11.0 Å². The number of hydrogen-bond acceptors (Lipinski definition) is 3. The minimum atomic E-state index is -0.376. The fraction of sp³-hybridized carbons (Fsp3) is 0.333. The second-order valence-corrected chi connectivity index (χ2v) is 4.81. The summed E-state index contributed by atoms with van der Waals surface area (Å²) in [6.45, 7) is 2.20. The highest BCUT2D eigenvalue weighted by atomic mass is 79.9. The standard InChI is InChI=1S/C12H12BrFN2O2/c1-7-15-12-9(14)5-8(13)6-10(12)16(7)4-3-11(17)18-2/h5-6H,3-4H2,1-2H3. The van der Waals surface area contributed by atoms with Crippen molar-refractivity contribution in [2.45, 2.75) is 19.9 Å². The van der Waals surface area contributed by atoms with Crippen molar-refractivity contribution in [3.05, 3.63) is 28.2 Å². The monoisotopic (exact) mass is 314 g/mol. The number of carbonyl (C=O) groups excluding carboxylic acids is 1. The highest BCUT2D eigenvalue weighted by molar-refractivity contribution is 9.10. The van der Waals surface area contributed by atoms with E-state index in [9.17, 15) is 9.18 Å². The molecule has 0 saturated carbocycles. The van der Waals surface area contributed by atoms with E-state index >= 15 is 0 Å². The van der Waals surface area contributed by atoms with Crippen molar-refractivity contribution in [1.29, 1.82) is 0 Å². The molecule has 0 atom stereocenters. The van der Waals surface area contributed by atoms with Gasteiger partial charge >= 0.3 is 5.97 Å². The molecule has 0 aliphatic rings. The van der Waals surface area contributed by atoms with Gasteiger partial charge in [0.2, 0.25) is 0 Å². The topological polar surface area (TPSA) is 44.1 Å². The Hall–Kier alpha value is -1.43. The average Bonchev–Trinajstić information content (AvgIpc) is 2.63. The van der Waals surface area contributed by atoms with E-state index in [0.717, 1.165) is 0 Å². The Morgan fingerprint density at radius 3 is 2.94 bits per heavy atom. The summed E-state index contributed by atoms with van der Waals surface area (Å²) in [5, 5.41) is 0. The third-order valence-corrected chi connectivity index (χ3v) is 3.19. The van der Waals surface area contributed by atoms with Crippen LogP contribution in [0.4, 0.5) is 4.39 Å². The zero-order chi connectivity index (χ0) is 13.3. The molecule has 0 aliphatic heterocycles. The van der Waals surface area contributed by atoms with Gasteiger partial charge in [-0.1, -0.05) is 15.9 Å². The lowest BCUT2D eigenvalue weighted by molar-refractivity contribution is -0.140. The number of benzene rings is 1. The number of aryl methyl sites for hydroxylation is 2. The quantitative estimate of drug-likeness (QED) is 0.818. The Balaban J connectivity index is 2.43. The zero-order valence-corrected chi connectivity index (χ0v) is 11.6. The molecule has 0 aliphatic carbocycles. The second kappa shape index (κ2) is 5.06. The van der Waals surface area contributed by atoms with Gasteiger partial charge in [0.05, 0.1) is 19.0 Å². The van der Waals surface area contributed by atoms with Gasteiger partial charge in [-0.3, -0.25) is 4.79 Å². The summed E-state index contributed by atoms with van der Waals surface area (Å²) in [6.07, 6.45) is 0.233. The summed E-state index contributed by atoms with van der Waals surface area (Å²) in [7, 11) is 1.34. The zero-order valence-electron chi connectivity index (χ0n) is 10.0. The van der Waals surface area contributed by atoms with Gasteiger partial charge in [-0.2, -0.15) is 0 Å². The number of carbonyl (C=O) groups is 1. The molecular formula is C12H12BrFN2O2. The first-order valence-corrected chi connectivity index (χ1v) is 6.21. The van der Waals surface area contributed by atoms with E-state index in [1.165, 1.54) is 13.2 Å². The number of methoxy groups -OCH3 is 1. The molecule has 1 aromatic carbocycles. The molecule has 0 fully saturated rings. The van der Waals surface area contributed by atoms with E-state index in [0.29, 0.717) is 27.9 Å². The summed E-state index contributed by atoms with van der Waals surface area (Å²) in [4.78, 5) is 15.3. The van der Waals surface area contributed by atoms with Crippen LogP contribution in [0.15, 0.2) is 16.6 Å². The Morgan fingerprint density at radius 2 is 2.28 bits per heavy atom. The van der Waals surface area contributed by atoms with Gasteiger partial charge in [-0.15, -0.1) is 0 Å². The first-order valence-electron chi connectivity index (χ1n) is 5.41. The molecule has 0 N–H and O–H groups in total. The van der Waals surface area contributed by atoms with Crippen molar-refractivity contribution >= 4 is 32.9 Å². The van der Waals surface area contributed by atoms with Gasteiger partial charge in [0.15, 0.2) is 5.82 Å². The van der Waals surface area contributed by atoms with Gasteiger partial charge < -0.3 is 9.30 Å². The van der Waals surface area contributed by atoms with Gasteiger partial charge in [-0.25, -0.2) is 9.37 Å². The van der Waals surface area contributed by atoms with Crippen LogP contribution in [0.3, 0.4) is 0 Å². The summed E-state index contributed by atoms with van der Waals surface area (Å²) < 4.78 is 20.8. The highest BCUT2D eigenvalue weighted by Gasteiger charge is 2.13. The Labute approximate surface area is 112 Å². The maximum Gasteiger partial charge on any atom is 0.307 e. The number of aromatic nitrogens is 2. The van der Waals surface area contributed by atoms with Gasteiger partial charge in [-0.05, 0) is 19.1 Å². The van der Waals surface area contributed by atoms with Crippen LogP contribution in [0.2, 0.25) is 0 Å². The van der Waals surface area contributed by atoms with E-state index in [1.807, 2.05) is 0 Å². The predicted octanol–water partition coefficient (Wildman–Crippen LogP) is 2.81. The molecule has 4 nitrogen and oxygen atoms in total. The highest BCUT2D eigenvalue weighted by Crippen LogP contribution is 2.24. The van der Waals surface area contributed by atoms with E-state index in [1.54, 1.807) is 17.6 Å². The van der Waals surface area contributed by atoms with Crippen LogP contribution in [-0.2, 0) is 16.1 Å². The maximum atomic E-state index is 13.7. The average molecular weight is 315 g/mol. The molecule has 1 heterocycles. The van der Waals surface area contributed by atoms with Crippen molar-refractivity contribution < 1.29 is 13.9 Å². The van der Waals surface area contributed by atoms with Gasteiger partial charge in [0.25, 0.3) is 0 Å². The number of nitrogens with zero attached hydrogens (tertiary/aromatic N) is 2. The molecule has 1 aromatic heterocycles. The molecule has 0 amide bonds. The molecule has 6 heteroatoms. The summed E-state index contributed by atoms with van der Waals surface area (Å²) in [5.74, 6) is -0.00286. The van der Waals surface area contributed by atoms with Crippen LogP contribution in [0.1, 0.15) is 12.2 Å². The second-order valence-electron chi connectivity index (χ2n) is 3.89. The SMILES string of the molecule is COC(=O)CCn1c(C)nc2c(F)cc(Br)cc21.